The molecule has 0 N–H and O–H groups in total. The molecule has 5 rings (SSSR count). The van der Waals surface area contributed by atoms with Crippen LogP contribution in [0.25, 0.3) is 17.1 Å². The van der Waals surface area contributed by atoms with Gasteiger partial charge in [-0.05, 0) is 49.2 Å². The number of para-hydroxylation sites is 1. The minimum Gasteiger partial charge on any atom is -0.420 e. The van der Waals surface area contributed by atoms with Crippen molar-refractivity contribution in [3.8, 4) is 17.1 Å². The number of hydrogen-bond acceptors (Lipinski definition) is 6. The van der Waals surface area contributed by atoms with Gasteiger partial charge in [0.25, 0.3) is 0 Å². The topological polar surface area (TPSA) is 69.6 Å². The summed E-state index contributed by atoms with van der Waals surface area (Å²) in [7, 11) is 0. The lowest BCUT2D eigenvalue weighted by atomic mass is 10.2. The lowest BCUT2D eigenvalue weighted by Crippen LogP contribution is -2.01. The first-order chi connectivity index (χ1) is 13.8. The van der Waals surface area contributed by atoms with E-state index in [4.69, 9.17) is 4.42 Å². The van der Waals surface area contributed by atoms with Crippen LogP contribution in [0.2, 0.25) is 0 Å². The summed E-state index contributed by atoms with van der Waals surface area (Å²) >= 11 is 4.99. The number of halogens is 1. The average molecular weight is 454 g/mol. The Morgan fingerprint density at radius 3 is 2.50 bits per heavy atom. The van der Waals surface area contributed by atoms with Gasteiger partial charge < -0.3 is 4.42 Å². The fraction of sp³-hybridized carbons (Fsp3) is 0.200. The molecule has 0 unspecified atom stereocenters. The summed E-state index contributed by atoms with van der Waals surface area (Å²) in [6, 6.07) is 18.0. The molecule has 2 aromatic carbocycles. The first-order valence-corrected chi connectivity index (χ1v) is 10.8. The highest BCUT2D eigenvalue weighted by molar-refractivity contribution is 9.10. The third-order valence-electron chi connectivity index (χ3n) is 4.50. The minimum atomic E-state index is 0.509. The first-order valence-electron chi connectivity index (χ1n) is 9.00. The molecule has 0 spiro atoms. The predicted octanol–water partition coefficient (Wildman–Crippen LogP) is 5.25. The van der Waals surface area contributed by atoms with E-state index in [1.807, 2.05) is 42.5 Å². The van der Waals surface area contributed by atoms with Crippen LogP contribution < -0.4 is 0 Å². The van der Waals surface area contributed by atoms with Crippen LogP contribution in [0.4, 0.5) is 0 Å². The molecule has 0 atom stereocenters. The molecule has 0 bridgehead atoms. The van der Waals surface area contributed by atoms with E-state index >= 15 is 0 Å². The normalized spacial score (nSPS) is 13.8. The molecule has 140 valence electrons. The zero-order chi connectivity index (χ0) is 18.9. The molecule has 0 radical (unpaired) electrons. The Kier molecular flexibility index (Phi) is 4.74. The van der Waals surface area contributed by atoms with E-state index in [1.165, 1.54) is 12.8 Å². The van der Waals surface area contributed by atoms with E-state index in [-0.39, 0.29) is 0 Å². The molecule has 1 aliphatic carbocycles. The van der Waals surface area contributed by atoms with E-state index in [2.05, 4.69) is 53.0 Å². The summed E-state index contributed by atoms with van der Waals surface area (Å²) in [6.45, 7) is 0. The van der Waals surface area contributed by atoms with Crippen molar-refractivity contribution >= 4 is 27.7 Å². The molecule has 28 heavy (non-hydrogen) atoms. The molecule has 0 amide bonds. The van der Waals surface area contributed by atoms with Gasteiger partial charge in [-0.3, -0.25) is 4.57 Å². The maximum Gasteiger partial charge on any atom is 0.247 e. The lowest BCUT2D eigenvalue weighted by molar-refractivity contribution is 0.528. The van der Waals surface area contributed by atoms with E-state index < -0.39 is 0 Å². The lowest BCUT2D eigenvalue weighted by Gasteiger charge is -2.08. The number of nitrogens with zero attached hydrogens (tertiary/aromatic N) is 5. The maximum absolute atomic E-state index is 5.83. The van der Waals surface area contributed by atoms with Gasteiger partial charge in [-0.2, -0.15) is 0 Å². The number of aromatic nitrogens is 5. The molecule has 0 aliphatic heterocycles. The van der Waals surface area contributed by atoms with E-state index in [0.717, 1.165) is 26.7 Å². The minimum absolute atomic E-state index is 0.509. The zero-order valence-corrected chi connectivity index (χ0v) is 17.2. The molecule has 1 fully saturated rings. The molecular weight excluding hydrogens is 438 g/mol. The van der Waals surface area contributed by atoms with Crippen LogP contribution >= 0.6 is 27.7 Å². The van der Waals surface area contributed by atoms with Gasteiger partial charge in [0.2, 0.25) is 11.8 Å². The summed E-state index contributed by atoms with van der Waals surface area (Å²) in [5.74, 6) is 3.17. The largest absolute Gasteiger partial charge is 0.420 e. The second-order valence-corrected chi connectivity index (χ2v) is 8.44. The third kappa shape index (κ3) is 3.62. The second-order valence-electron chi connectivity index (χ2n) is 6.58. The summed E-state index contributed by atoms with van der Waals surface area (Å²) in [4.78, 5) is 0. The Morgan fingerprint density at radius 2 is 1.75 bits per heavy atom. The van der Waals surface area contributed by atoms with Gasteiger partial charge in [-0.15, -0.1) is 20.4 Å². The molecule has 0 saturated heterocycles. The van der Waals surface area contributed by atoms with Crippen LogP contribution in [-0.2, 0) is 5.75 Å². The Balaban J connectivity index is 1.37. The maximum atomic E-state index is 5.83. The van der Waals surface area contributed by atoms with Gasteiger partial charge in [0, 0.05) is 21.6 Å². The van der Waals surface area contributed by atoms with Crippen molar-refractivity contribution in [1.29, 1.82) is 0 Å². The highest BCUT2D eigenvalue weighted by Gasteiger charge is 2.31. The number of thioether (sulfide) groups is 1. The van der Waals surface area contributed by atoms with Gasteiger partial charge in [0.05, 0.1) is 5.75 Å². The Labute approximate surface area is 174 Å². The van der Waals surface area contributed by atoms with Crippen molar-refractivity contribution in [2.75, 3.05) is 0 Å². The zero-order valence-electron chi connectivity index (χ0n) is 14.8. The van der Waals surface area contributed by atoms with Crippen LogP contribution in [0.1, 0.15) is 30.5 Å². The second kappa shape index (κ2) is 7.52. The summed E-state index contributed by atoms with van der Waals surface area (Å²) in [5.41, 5.74) is 1.98. The van der Waals surface area contributed by atoms with Gasteiger partial charge in [0.15, 0.2) is 5.16 Å². The molecule has 1 saturated carbocycles. The number of rotatable bonds is 6. The van der Waals surface area contributed by atoms with Gasteiger partial charge in [-0.1, -0.05) is 45.9 Å². The first kappa shape index (κ1) is 17.6. The smallest absolute Gasteiger partial charge is 0.247 e. The van der Waals surface area contributed by atoms with Crippen molar-refractivity contribution in [3.05, 3.63) is 70.8 Å². The highest BCUT2D eigenvalue weighted by Crippen LogP contribution is 2.41. The van der Waals surface area contributed by atoms with E-state index in [9.17, 15) is 0 Å². The Hall–Kier alpha value is -2.45. The average Bonchev–Trinajstić information content (AvgIpc) is 3.31. The van der Waals surface area contributed by atoms with Crippen molar-refractivity contribution in [2.45, 2.75) is 29.7 Å². The van der Waals surface area contributed by atoms with E-state index in [0.29, 0.717) is 23.5 Å². The van der Waals surface area contributed by atoms with Crippen LogP contribution in [0.15, 0.2) is 68.6 Å². The van der Waals surface area contributed by atoms with Crippen LogP contribution in [0.5, 0.6) is 0 Å². The summed E-state index contributed by atoms with van der Waals surface area (Å²) in [5, 5.41) is 18.1. The molecule has 2 heterocycles. The van der Waals surface area contributed by atoms with Crippen molar-refractivity contribution in [3.63, 3.8) is 0 Å². The third-order valence-corrected chi connectivity index (χ3v) is 5.94. The number of benzene rings is 2. The fourth-order valence-electron chi connectivity index (χ4n) is 2.95. The molecule has 6 nitrogen and oxygen atoms in total. The molecule has 8 heteroatoms. The van der Waals surface area contributed by atoms with Crippen molar-refractivity contribution < 1.29 is 4.42 Å². The van der Waals surface area contributed by atoms with Crippen molar-refractivity contribution in [2.24, 2.45) is 0 Å². The SMILES string of the molecule is Brc1ccc(-c2nnc(CSc3nnc(C4CC4)n3-c3ccccc3)o2)cc1. The van der Waals surface area contributed by atoms with E-state index in [1.54, 1.807) is 11.8 Å². The predicted molar refractivity (Wildman–Crippen MR) is 110 cm³/mol. The molecule has 2 aromatic heterocycles. The molecular formula is C20H16BrN5OS. The monoisotopic (exact) mass is 453 g/mol. The fourth-order valence-corrected chi connectivity index (χ4v) is 4.01. The number of hydrogen-bond donors (Lipinski definition) is 0. The molecule has 1 aliphatic rings. The summed E-state index contributed by atoms with van der Waals surface area (Å²) in [6.07, 6.45) is 2.35. The van der Waals surface area contributed by atoms with Crippen LogP contribution in [0, 0.1) is 0 Å². The quantitative estimate of drug-likeness (QED) is 0.371. The van der Waals surface area contributed by atoms with Crippen LogP contribution in [0.3, 0.4) is 0 Å². The Morgan fingerprint density at radius 1 is 0.964 bits per heavy atom. The molecule has 4 aromatic rings. The summed E-state index contributed by atoms with van der Waals surface area (Å²) < 4.78 is 8.99. The Bertz CT molecular complexity index is 1090. The van der Waals surface area contributed by atoms with Crippen molar-refractivity contribution in [1.82, 2.24) is 25.0 Å². The van der Waals surface area contributed by atoms with Gasteiger partial charge in [0.1, 0.15) is 5.82 Å². The standard InChI is InChI=1S/C20H16BrN5OS/c21-15-10-8-14(9-11-15)19-24-22-17(27-19)12-28-20-25-23-18(13-6-7-13)26(20)16-4-2-1-3-5-16/h1-5,8-11,13H,6-7,12H2. The highest BCUT2D eigenvalue weighted by atomic mass is 79.9. The van der Waals surface area contributed by atoms with Gasteiger partial charge >= 0.3 is 0 Å². The van der Waals surface area contributed by atoms with Gasteiger partial charge in [-0.25, -0.2) is 0 Å². The van der Waals surface area contributed by atoms with Crippen LogP contribution in [-0.4, -0.2) is 25.0 Å².